The van der Waals surface area contributed by atoms with Gasteiger partial charge in [-0.05, 0) is 26.0 Å². The number of hydrogen-bond acceptors (Lipinski definition) is 2. The first-order valence-corrected chi connectivity index (χ1v) is 5.08. The van der Waals surface area contributed by atoms with E-state index in [1.165, 1.54) is 0 Å². The quantitative estimate of drug-likeness (QED) is 0.790. The number of nitrogens with one attached hydrogen (secondary N) is 1. The van der Waals surface area contributed by atoms with Gasteiger partial charge in [-0.3, -0.25) is 4.79 Å². The van der Waals surface area contributed by atoms with Gasteiger partial charge in [0, 0.05) is 18.9 Å². The lowest BCUT2D eigenvalue weighted by atomic mass is 10.4. The van der Waals surface area contributed by atoms with E-state index in [4.69, 9.17) is 4.74 Å². The van der Waals surface area contributed by atoms with Crippen LogP contribution in [0.4, 0.5) is 0 Å². The zero-order valence-electron chi connectivity index (χ0n) is 9.49. The van der Waals surface area contributed by atoms with Crippen LogP contribution in [0.3, 0.4) is 0 Å². The number of carbonyl (C=O) groups excluding carboxylic acids is 1. The molecule has 0 atom stereocenters. The average molecular weight is 210 g/mol. The van der Waals surface area contributed by atoms with Crippen LogP contribution in [0.25, 0.3) is 0 Å². The molecule has 0 saturated heterocycles. The fraction of sp³-hybridized carbons (Fsp3) is 0.545. The molecule has 0 aliphatic heterocycles. The van der Waals surface area contributed by atoms with E-state index in [9.17, 15) is 4.79 Å². The Bertz CT molecular complexity index is 318. The normalized spacial score (nSPS) is 10.7. The predicted molar refractivity (Wildman–Crippen MR) is 58.3 cm³/mol. The highest BCUT2D eigenvalue weighted by Crippen LogP contribution is 1.98. The summed E-state index contributed by atoms with van der Waals surface area (Å²) in [7, 11) is 1.95. The van der Waals surface area contributed by atoms with E-state index >= 15 is 0 Å². The van der Waals surface area contributed by atoms with Gasteiger partial charge in [0.1, 0.15) is 6.61 Å². The minimum absolute atomic E-state index is 0.0788. The minimum Gasteiger partial charge on any atom is -0.369 e. The molecule has 0 radical (unpaired) electrons. The molecule has 0 aliphatic rings. The molecule has 15 heavy (non-hydrogen) atoms. The van der Waals surface area contributed by atoms with Crippen LogP contribution in [0.5, 0.6) is 0 Å². The fourth-order valence-corrected chi connectivity index (χ4v) is 1.16. The number of aromatic nitrogens is 1. The molecule has 0 fully saturated rings. The number of carbonyl (C=O) groups is 1. The molecule has 4 nitrogen and oxygen atoms in total. The molecule has 0 aromatic carbocycles. The van der Waals surface area contributed by atoms with Gasteiger partial charge in [0.05, 0.1) is 12.6 Å². The molecule has 0 aliphatic carbocycles. The molecular weight excluding hydrogens is 192 g/mol. The van der Waals surface area contributed by atoms with E-state index in [0.29, 0.717) is 6.54 Å². The van der Waals surface area contributed by atoms with Crippen LogP contribution in [-0.2, 0) is 23.1 Å². The van der Waals surface area contributed by atoms with Gasteiger partial charge in [-0.1, -0.05) is 0 Å². The second-order valence-corrected chi connectivity index (χ2v) is 3.75. The summed E-state index contributed by atoms with van der Waals surface area (Å²) in [5.41, 5.74) is 1.08. The molecule has 0 unspecified atom stereocenters. The SMILES string of the molecule is CC(C)OCC(=O)NCc1cccn1C. The Morgan fingerprint density at radius 1 is 1.60 bits per heavy atom. The highest BCUT2D eigenvalue weighted by Gasteiger charge is 2.03. The van der Waals surface area contributed by atoms with Crippen LogP contribution in [0, 0.1) is 0 Å². The lowest BCUT2D eigenvalue weighted by molar-refractivity contribution is -0.127. The molecule has 1 rings (SSSR count). The molecule has 84 valence electrons. The Morgan fingerprint density at radius 2 is 2.33 bits per heavy atom. The lowest BCUT2D eigenvalue weighted by Gasteiger charge is -2.08. The maximum absolute atomic E-state index is 11.3. The van der Waals surface area contributed by atoms with E-state index in [1.54, 1.807) is 0 Å². The molecule has 4 heteroatoms. The van der Waals surface area contributed by atoms with Crippen LogP contribution in [0.1, 0.15) is 19.5 Å². The van der Waals surface area contributed by atoms with Crippen LogP contribution < -0.4 is 5.32 Å². The molecule has 1 amide bonds. The first-order chi connectivity index (χ1) is 7.09. The van der Waals surface area contributed by atoms with Gasteiger partial charge in [-0.15, -0.1) is 0 Å². The molecule has 1 heterocycles. The van der Waals surface area contributed by atoms with Gasteiger partial charge in [0.25, 0.3) is 0 Å². The molecule has 0 spiro atoms. The van der Waals surface area contributed by atoms with Gasteiger partial charge < -0.3 is 14.6 Å². The largest absolute Gasteiger partial charge is 0.369 e. The van der Waals surface area contributed by atoms with E-state index < -0.39 is 0 Å². The van der Waals surface area contributed by atoms with Crippen molar-refractivity contribution >= 4 is 5.91 Å². The van der Waals surface area contributed by atoms with Crippen molar-refractivity contribution in [1.82, 2.24) is 9.88 Å². The summed E-state index contributed by atoms with van der Waals surface area (Å²) < 4.78 is 7.16. The van der Waals surface area contributed by atoms with Crippen molar-refractivity contribution in [3.8, 4) is 0 Å². The highest BCUT2D eigenvalue weighted by atomic mass is 16.5. The number of aryl methyl sites for hydroxylation is 1. The second-order valence-electron chi connectivity index (χ2n) is 3.75. The van der Waals surface area contributed by atoms with Crippen molar-refractivity contribution < 1.29 is 9.53 Å². The van der Waals surface area contributed by atoms with E-state index in [2.05, 4.69) is 5.32 Å². The third-order valence-corrected chi connectivity index (χ3v) is 2.07. The summed E-state index contributed by atoms with van der Waals surface area (Å²) in [5.74, 6) is -0.0788. The Kier molecular flexibility index (Phi) is 4.37. The monoisotopic (exact) mass is 210 g/mol. The van der Waals surface area contributed by atoms with Crippen LogP contribution in [0.15, 0.2) is 18.3 Å². The average Bonchev–Trinajstić information content (AvgIpc) is 2.58. The smallest absolute Gasteiger partial charge is 0.246 e. The van der Waals surface area contributed by atoms with E-state index in [1.807, 2.05) is 43.8 Å². The first-order valence-electron chi connectivity index (χ1n) is 5.08. The number of amides is 1. The summed E-state index contributed by atoms with van der Waals surface area (Å²) in [6.07, 6.45) is 2.04. The third kappa shape index (κ3) is 4.16. The number of ether oxygens (including phenoxy) is 1. The van der Waals surface area contributed by atoms with Crippen LogP contribution >= 0.6 is 0 Å². The summed E-state index contributed by atoms with van der Waals surface area (Å²) in [6.45, 7) is 4.49. The third-order valence-electron chi connectivity index (χ3n) is 2.07. The van der Waals surface area contributed by atoms with Gasteiger partial charge >= 0.3 is 0 Å². The Balaban J connectivity index is 2.26. The van der Waals surface area contributed by atoms with Gasteiger partial charge in [0.2, 0.25) is 5.91 Å². The maximum atomic E-state index is 11.3. The van der Waals surface area contributed by atoms with Crippen LogP contribution in [0.2, 0.25) is 0 Å². The molecule has 1 N–H and O–H groups in total. The Morgan fingerprint density at radius 3 is 2.87 bits per heavy atom. The summed E-state index contributed by atoms with van der Waals surface area (Å²) in [6, 6.07) is 3.93. The summed E-state index contributed by atoms with van der Waals surface area (Å²) in [5, 5.41) is 2.80. The zero-order chi connectivity index (χ0) is 11.3. The minimum atomic E-state index is -0.0788. The molecule has 0 saturated carbocycles. The summed E-state index contributed by atoms with van der Waals surface area (Å²) in [4.78, 5) is 11.3. The number of rotatable bonds is 5. The highest BCUT2D eigenvalue weighted by molar-refractivity contribution is 5.77. The zero-order valence-corrected chi connectivity index (χ0v) is 9.49. The van der Waals surface area contributed by atoms with Crippen molar-refractivity contribution in [3.63, 3.8) is 0 Å². The first kappa shape index (κ1) is 11.8. The standard InChI is InChI=1S/C11H18N2O2/c1-9(2)15-8-11(14)12-7-10-5-4-6-13(10)3/h4-6,9H,7-8H2,1-3H3,(H,12,14). The fourth-order valence-electron chi connectivity index (χ4n) is 1.16. The number of nitrogens with zero attached hydrogens (tertiary/aromatic N) is 1. The number of hydrogen-bond donors (Lipinski definition) is 1. The Labute approximate surface area is 90.2 Å². The van der Waals surface area contributed by atoms with Crippen molar-refractivity contribution in [3.05, 3.63) is 24.0 Å². The van der Waals surface area contributed by atoms with E-state index in [0.717, 1.165) is 5.69 Å². The molecule has 1 aromatic rings. The second kappa shape index (κ2) is 5.56. The molecular formula is C11H18N2O2. The van der Waals surface area contributed by atoms with Crippen molar-refractivity contribution in [2.45, 2.75) is 26.5 Å². The van der Waals surface area contributed by atoms with Crippen molar-refractivity contribution in [2.24, 2.45) is 7.05 Å². The molecule has 1 aromatic heterocycles. The predicted octanol–water partition coefficient (Wildman–Crippen LogP) is 1.07. The van der Waals surface area contributed by atoms with Gasteiger partial charge in [0.15, 0.2) is 0 Å². The maximum Gasteiger partial charge on any atom is 0.246 e. The van der Waals surface area contributed by atoms with Crippen molar-refractivity contribution in [1.29, 1.82) is 0 Å². The lowest BCUT2D eigenvalue weighted by Crippen LogP contribution is -2.28. The van der Waals surface area contributed by atoms with Crippen LogP contribution in [-0.4, -0.2) is 23.2 Å². The van der Waals surface area contributed by atoms with Gasteiger partial charge in [-0.2, -0.15) is 0 Å². The van der Waals surface area contributed by atoms with Gasteiger partial charge in [-0.25, -0.2) is 0 Å². The Hall–Kier alpha value is -1.29. The molecule has 0 bridgehead atoms. The topological polar surface area (TPSA) is 43.3 Å². The summed E-state index contributed by atoms with van der Waals surface area (Å²) >= 11 is 0. The van der Waals surface area contributed by atoms with E-state index in [-0.39, 0.29) is 18.6 Å². The van der Waals surface area contributed by atoms with Crippen molar-refractivity contribution in [2.75, 3.05) is 6.61 Å².